The Hall–Kier alpha value is 0.230. The first-order chi connectivity index (χ1) is 6.90. The molecule has 2 aliphatic heterocycles. The SMILES string of the molecule is OCCN1CCN([C@H]2CCSC2)CC1. The van der Waals surface area contributed by atoms with Gasteiger partial charge < -0.3 is 5.11 Å². The van der Waals surface area contributed by atoms with Crippen LogP contribution in [-0.4, -0.2) is 71.8 Å². The molecule has 2 rings (SSSR count). The third-order valence-electron chi connectivity index (χ3n) is 3.25. The number of piperazine rings is 1. The minimum absolute atomic E-state index is 0.305. The van der Waals surface area contributed by atoms with Gasteiger partial charge in [0.05, 0.1) is 6.61 Å². The minimum Gasteiger partial charge on any atom is -0.395 e. The Morgan fingerprint density at radius 3 is 2.57 bits per heavy atom. The van der Waals surface area contributed by atoms with E-state index < -0.39 is 0 Å². The van der Waals surface area contributed by atoms with E-state index in [9.17, 15) is 0 Å². The first-order valence-corrected chi connectivity index (χ1v) is 6.70. The summed E-state index contributed by atoms with van der Waals surface area (Å²) in [5, 5.41) is 8.84. The molecule has 0 unspecified atom stereocenters. The highest BCUT2D eigenvalue weighted by Gasteiger charge is 2.25. The number of hydrogen-bond acceptors (Lipinski definition) is 4. The van der Waals surface area contributed by atoms with Crippen molar-refractivity contribution >= 4 is 11.8 Å². The van der Waals surface area contributed by atoms with E-state index in [2.05, 4.69) is 21.6 Å². The quantitative estimate of drug-likeness (QED) is 0.724. The van der Waals surface area contributed by atoms with Crippen LogP contribution < -0.4 is 0 Å². The zero-order chi connectivity index (χ0) is 9.80. The molecule has 0 aromatic heterocycles. The average Bonchev–Trinajstić information content (AvgIpc) is 2.72. The smallest absolute Gasteiger partial charge is 0.0558 e. The maximum absolute atomic E-state index is 8.84. The molecule has 14 heavy (non-hydrogen) atoms. The Bertz CT molecular complexity index is 166. The lowest BCUT2D eigenvalue weighted by Gasteiger charge is -2.37. The summed E-state index contributed by atoms with van der Waals surface area (Å²) in [6, 6.07) is 0.844. The van der Waals surface area contributed by atoms with E-state index in [0.29, 0.717) is 6.61 Å². The molecule has 0 spiro atoms. The Morgan fingerprint density at radius 1 is 1.21 bits per heavy atom. The van der Waals surface area contributed by atoms with Crippen LogP contribution in [0.5, 0.6) is 0 Å². The summed E-state index contributed by atoms with van der Waals surface area (Å²) in [6.07, 6.45) is 1.38. The van der Waals surface area contributed by atoms with Crippen LogP contribution in [0.4, 0.5) is 0 Å². The van der Waals surface area contributed by atoms with E-state index in [1.165, 1.54) is 31.0 Å². The van der Waals surface area contributed by atoms with E-state index in [0.717, 1.165) is 25.7 Å². The lowest BCUT2D eigenvalue weighted by Crippen LogP contribution is -2.50. The van der Waals surface area contributed by atoms with Crippen molar-refractivity contribution in [3.63, 3.8) is 0 Å². The fourth-order valence-corrected chi connectivity index (χ4v) is 3.56. The summed E-state index contributed by atoms with van der Waals surface area (Å²) in [5.41, 5.74) is 0. The van der Waals surface area contributed by atoms with Gasteiger partial charge in [-0.1, -0.05) is 0 Å². The van der Waals surface area contributed by atoms with Gasteiger partial charge in [-0.25, -0.2) is 0 Å². The first kappa shape index (κ1) is 10.7. The number of rotatable bonds is 3. The van der Waals surface area contributed by atoms with E-state index in [4.69, 9.17) is 5.11 Å². The average molecular weight is 216 g/mol. The molecule has 0 aromatic rings. The van der Waals surface area contributed by atoms with Gasteiger partial charge in [0.2, 0.25) is 0 Å². The molecule has 82 valence electrons. The van der Waals surface area contributed by atoms with Crippen LogP contribution in [0.1, 0.15) is 6.42 Å². The summed E-state index contributed by atoms with van der Waals surface area (Å²) >= 11 is 2.09. The first-order valence-electron chi connectivity index (χ1n) is 5.55. The van der Waals surface area contributed by atoms with Crippen molar-refractivity contribution in [3.8, 4) is 0 Å². The molecule has 2 aliphatic rings. The highest BCUT2D eigenvalue weighted by molar-refractivity contribution is 7.99. The maximum Gasteiger partial charge on any atom is 0.0558 e. The second-order valence-corrected chi connectivity index (χ2v) is 5.27. The summed E-state index contributed by atoms with van der Waals surface area (Å²) in [7, 11) is 0. The molecule has 1 N–H and O–H groups in total. The molecule has 2 saturated heterocycles. The second-order valence-electron chi connectivity index (χ2n) is 4.12. The molecule has 0 saturated carbocycles. The highest BCUT2D eigenvalue weighted by atomic mass is 32.2. The number of thioether (sulfide) groups is 1. The summed E-state index contributed by atoms with van der Waals surface area (Å²) in [6.45, 7) is 5.84. The summed E-state index contributed by atoms with van der Waals surface area (Å²) < 4.78 is 0. The Kier molecular flexibility index (Phi) is 4.10. The topological polar surface area (TPSA) is 26.7 Å². The van der Waals surface area contributed by atoms with Crippen LogP contribution in [0.3, 0.4) is 0 Å². The Labute approximate surface area is 90.4 Å². The van der Waals surface area contributed by atoms with Gasteiger partial charge in [0.25, 0.3) is 0 Å². The Balaban J connectivity index is 1.72. The number of β-amino-alcohol motifs (C(OH)–C–C–N with tert-alkyl or cyclic N) is 1. The molecule has 2 heterocycles. The molecule has 3 nitrogen and oxygen atoms in total. The standard InChI is InChI=1S/C10H20N2OS/c13-7-6-11-2-4-12(5-3-11)10-1-8-14-9-10/h10,13H,1-9H2/t10-/m0/s1. The van der Waals surface area contributed by atoms with Gasteiger partial charge in [0, 0.05) is 44.5 Å². The van der Waals surface area contributed by atoms with Crippen LogP contribution in [0.15, 0.2) is 0 Å². The van der Waals surface area contributed by atoms with Crippen molar-refractivity contribution in [2.24, 2.45) is 0 Å². The highest BCUT2D eigenvalue weighted by Crippen LogP contribution is 2.23. The van der Waals surface area contributed by atoms with Gasteiger partial charge in [-0.15, -0.1) is 0 Å². The van der Waals surface area contributed by atoms with E-state index in [1.807, 2.05) is 0 Å². The molecular weight excluding hydrogens is 196 g/mol. The maximum atomic E-state index is 8.84. The predicted molar refractivity (Wildman–Crippen MR) is 60.8 cm³/mol. The molecule has 0 bridgehead atoms. The fraction of sp³-hybridized carbons (Fsp3) is 1.00. The lowest BCUT2D eigenvalue weighted by atomic mass is 10.2. The molecule has 4 heteroatoms. The Morgan fingerprint density at radius 2 is 2.00 bits per heavy atom. The van der Waals surface area contributed by atoms with Crippen molar-refractivity contribution < 1.29 is 5.11 Å². The van der Waals surface area contributed by atoms with Crippen molar-refractivity contribution in [3.05, 3.63) is 0 Å². The zero-order valence-corrected chi connectivity index (χ0v) is 9.51. The van der Waals surface area contributed by atoms with Crippen LogP contribution in [-0.2, 0) is 0 Å². The van der Waals surface area contributed by atoms with Crippen LogP contribution in [0.25, 0.3) is 0 Å². The van der Waals surface area contributed by atoms with E-state index in [1.54, 1.807) is 0 Å². The molecule has 1 atom stereocenters. The number of hydrogen-bond donors (Lipinski definition) is 1. The zero-order valence-electron chi connectivity index (χ0n) is 8.69. The van der Waals surface area contributed by atoms with Gasteiger partial charge in [-0.2, -0.15) is 11.8 Å². The molecule has 0 amide bonds. The molecule has 0 radical (unpaired) electrons. The van der Waals surface area contributed by atoms with Gasteiger partial charge in [-0.05, 0) is 12.2 Å². The van der Waals surface area contributed by atoms with Crippen molar-refractivity contribution in [1.82, 2.24) is 9.80 Å². The fourth-order valence-electron chi connectivity index (χ4n) is 2.30. The third kappa shape index (κ3) is 2.63. The number of aliphatic hydroxyl groups is 1. The van der Waals surface area contributed by atoms with Crippen molar-refractivity contribution in [2.45, 2.75) is 12.5 Å². The summed E-state index contributed by atoms with van der Waals surface area (Å²) in [5.74, 6) is 2.68. The minimum atomic E-state index is 0.305. The van der Waals surface area contributed by atoms with E-state index in [-0.39, 0.29) is 0 Å². The third-order valence-corrected chi connectivity index (χ3v) is 4.39. The predicted octanol–water partition coefficient (Wildman–Crippen LogP) is 0.102. The summed E-state index contributed by atoms with van der Waals surface area (Å²) in [4.78, 5) is 4.99. The van der Waals surface area contributed by atoms with Crippen LogP contribution >= 0.6 is 11.8 Å². The van der Waals surface area contributed by atoms with Crippen LogP contribution in [0.2, 0.25) is 0 Å². The monoisotopic (exact) mass is 216 g/mol. The number of aliphatic hydroxyl groups excluding tert-OH is 1. The molecular formula is C10H20N2OS. The molecule has 0 aromatic carbocycles. The molecule has 0 aliphatic carbocycles. The number of nitrogens with zero attached hydrogens (tertiary/aromatic N) is 2. The van der Waals surface area contributed by atoms with Gasteiger partial charge in [0.15, 0.2) is 0 Å². The largest absolute Gasteiger partial charge is 0.395 e. The van der Waals surface area contributed by atoms with Crippen LogP contribution in [0, 0.1) is 0 Å². The normalized spacial score (nSPS) is 31.1. The van der Waals surface area contributed by atoms with Gasteiger partial charge in [-0.3, -0.25) is 9.80 Å². The van der Waals surface area contributed by atoms with Crippen molar-refractivity contribution in [1.29, 1.82) is 0 Å². The van der Waals surface area contributed by atoms with Crippen molar-refractivity contribution in [2.75, 3.05) is 50.8 Å². The van der Waals surface area contributed by atoms with E-state index >= 15 is 0 Å². The van der Waals surface area contributed by atoms with Gasteiger partial charge in [0.1, 0.15) is 0 Å². The second kappa shape index (κ2) is 5.35. The van der Waals surface area contributed by atoms with Gasteiger partial charge >= 0.3 is 0 Å². The molecule has 2 fully saturated rings. The lowest BCUT2D eigenvalue weighted by molar-refractivity contribution is 0.0909.